The van der Waals surface area contributed by atoms with Crippen molar-refractivity contribution in [1.82, 2.24) is 5.32 Å². The van der Waals surface area contributed by atoms with Gasteiger partial charge in [-0.2, -0.15) is 0 Å². The van der Waals surface area contributed by atoms with Crippen LogP contribution in [-0.2, 0) is 10.5 Å². The van der Waals surface area contributed by atoms with Crippen molar-refractivity contribution in [2.75, 3.05) is 18.9 Å². The summed E-state index contributed by atoms with van der Waals surface area (Å²) in [5.41, 5.74) is 0. The molecule has 1 aromatic rings. The van der Waals surface area contributed by atoms with Crippen molar-refractivity contribution in [2.24, 2.45) is 5.92 Å². The van der Waals surface area contributed by atoms with Crippen molar-refractivity contribution in [3.05, 3.63) is 21.3 Å². The molecule has 2 N–H and O–H groups in total. The average Bonchev–Trinajstić information content (AvgIpc) is 2.80. The van der Waals surface area contributed by atoms with Crippen LogP contribution in [-0.4, -0.2) is 29.9 Å². The highest BCUT2D eigenvalue weighted by molar-refractivity contribution is 7.99. The standard InChI is InChI=1S/C13H20ClNO2S2/c1-2-10(5-6-16)7-15-13(17)9-18-8-11-3-4-12(14)19-11/h3-4,10,16H,2,5-9H2,1H3,(H,15,17). The smallest absolute Gasteiger partial charge is 0.230 e. The molecule has 0 saturated carbocycles. The van der Waals surface area contributed by atoms with Crippen molar-refractivity contribution in [3.8, 4) is 0 Å². The molecule has 19 heavy (non-hydrogen) atoms. The normalized spacial score (nSPS) is 12.4. The van der Waals surface area contributed by atoms with Crippen molar-refractivity contribution in [3.63, 3.8) is 0 Å². The van der Waals surface area contributed by atoms with Crippen LogP contribution in [0.15, 0.2) is 12.1 Å². The van der Waals surface area contributed by atoms with Gasteiger partial charge in [0.1, 0.15) is 0 Å². The molecule has 0 fully saturated rings. The van der Waals surface area contributed by atoms with E-state index in [4.69, 9.17) is 16.7 Å². The summed E-state index contributed by atoms with van der Waals surface area (Å²) in [6.45, 7) is 2.91. The second-order valence-corrected chi connectivity index (χ2v) is 7.07. The highest BCUT2D eigenvalue weighted by Gasteiger charge is 2.08. The molecule has 1 heterocycles. The number of carbonyl (C=O) groups is 1. The van der Waals surface area contributed by atoms with Crippen LogP contribution in [0.4, 0.5) is 0 Å². The van der Waals surface area contributed by atoms with Crippen LogP contribution >= 0.6 is 34.7 Å². The number of nitrogens with one attached hydrogen (secondary N) is 1. The number of thioether (sulfide) groups is 1. The Kier molecular flexibility index (Phi) is 8.53. The fourth-order valence-electron chi connectivity index (χ4n) is 1.62. The van der Waals surface area contributed by atoms with E-state index in [1.54, 1.807) is 23.1 Å². The number of aliphatic hydroxyl groups excluding tert-OH is 1. The molecule has 1 aromatic heterocycles. The minimum atomic E-state index is 0.0593. The van der Waals surface area contributed by atoms with Gasteiger partial charge in [0.2, 0.25) is 5.91 Å². The first-order valence-corrected chi connectivity index (χ1v) is 8.70. The molecule has 3 nitrogen and oxygen atoms in total. The molecule has 0 saturated heterocycles. The van der Waals surface area contributed by atoms with E-state index in [0.717, 1.165) is 22.9 Å². The van der Waals surface area contributed by atoms with Gasteiger partial charge in [-0.1, -0.05) is 24.9 Å². The molecule has 6 heteroatoms. The van der Waals surface area contributed by atoms with Gasteiger partial charge in [0.15, 0.2) is 0 Å². The molecular formula is C13H20ClNO2S2. The Morgan fingerprint density at radius 2 is 2.37 bits per heavy atom. The zero-order valence-corrected chi connectivity index (χ0v) is 13.4. The summed E-state index contributed by atoms with van der Waals surface area (Å²) in [5.74, 6) is 1.71. The van der Waals surface area contributed by atoms with Crippen molar-refractivity contribution in [1.29, 1.82) is 0 Å². The third-order valence-corrected chi connectivity index (χ3v) is 5.20. The lowest BCUT2D eigenvalue weighted by molar-refractivity contribution is -0.118. The van der Waals surface area contributed by atoms with Gasteiger partial charge in [-0.3, -0.25) is 4.79 Å². The minimum absolute atomic E-state index is 0.0593. The number of hydrogen-bond acceptors (Lipinski definition) is 4. The van der Waals surface area contributed by atoms with Crippen LogP contribution in [0.25, 0.3) is 0 Å². The predicted molar refractivity (Wildman–Crippen MR) is 84.0 cm³/mol. The fraction of sp³-hybridized carbons (Fsp3) is 0.615. The molecule has 1 unspecified atom stereocenters. The molecule has 1 rings (SSSR count). The third-order valence-electron chi connectivity index (χ3n) is 2.81. The van der Waals surface area contributed by atoms with Gasteiger partial charge in [0.05, 0.1) is 10.1 Å². The maximum atomic E-state index is 11.6. The first kappa shape index (κ1) is 16.8. The molecule has 0 aliphatic carbocycles. The molecule has 108 valence electrons. The summed E-state index contributed by atoms with van der Waals surface area (Å²) in [6, 6.07) is 3.87. The molecular weight excluding hydrogens is 302 g/mol. The Balaban J connectivity index is 2.14. The zero-order chi connectivity index (χ0) is 14.1. The van der Waals surface area contributed by atoms with Gasteiger partial charge in [0, 0.05) is 23.8 Å². The van der Waals surface area contributed by atoms with E-state index in [0.29, 0.717) is 18.2 Å². The number of rotatable bonds is 9. The SMILES string of the molecule is CCC(CCO)CNC(=O)CSCc1ccc(Cl)s1. The lowest BCUT2D eigenvalue weighted by atomic mass is 10.0. The van der Waals surface area contributed by atoms with Crippen molar-refractivity contribution >= 4 is 40.6 Å². The van der Waals surface area contributed by atoms with Gasteiger partial charge < -0.3 is 10.4 Å². The number of aliphatic hydroxyl groups is 1. The van der Waals surface area contributed by atoms with Crippen LogP contribution < -0.4 is 5.32 Å². The summed E-state index contributed by atoms with van der Waals surface area (Å²) in [6.07, 6.45) is 1.72. The minimum Gasteiger partial charge on any atom is -0.396 e. The summed E-state index contributed by atoms with van der Waals surface area (Å²) < 4.78 is 0.787. The first-order chi connectivity index (χ1) is 9.15. The van der Waals surface area contributed by atoms with Crippen LogP contribution in [0.3, 0.4) is 0 Å². The van der Waals surface area contributed by atoms with Gasteiger partial charge in [-0.05, 0) is 24.5 Å². The lowest BCUT2D eigenvalue weighted by Gasteiger charge is -2.14. The van der Waals surface area contributed by atoms with E-state index in [1.165, 1.54) is 4.88 Å². The second-order valence-electron chi connectivity index (χ2n) is 4.29. The maximum Gasteiger partial charge on any atom is 0.230 e. The van der Waals surface area contributed by atoms with Crippen LogP contribution in [0.2, 0.25) is 4.34 Å². The largest absolute Gasteiger partial charge is 0.396 e. The Labute approximate surface area is 127 Å². The van der Waals surface area contributed by atoms with Crippen molar-refractivity contribution in [2.45, 2.75) is 25.5 Å². The van der Waals surface area contributed by atoms with Crippen LogP contribution in [0.1, 0.15) is 24.6 Å². The Bertz CT molecular complexity index is 384. The van der Waals surface area contributed by atoms with E-state index < -0.39 is 0 Å². The molecule has 1 amide bonds. The van der Waals surface area contributed by atoms with Gasteiger partial charge in [-0.25, -0.2) is 0 Å². The number of halogens is 1. The Hall–Kier alpha value is -0.230. The van der Waals surface area contributed by atoms with Gasteiger partial charge in [0.25, 0.3) is 0 Å². The van der Waals surface area contributed by atoms with Crippen molar-refractivity contribution < 1.29 is 9.90 Å². The van der Waals surface area contributed by atoms with E-state index in [1.807, 2.05) is 12.1 Å². The summed E-state index contributed by atoms with van der Waals surface area (Å²) in [5, 5.41) is 11.8. The van der Waals surface area contributed by atoms with E-state index in [2.05, 4.69) is 12.2 Å². The fourth-order valence-corrected chi connectivity index (χ4v) is 3.67. The van der Waals surface area contributed by atoms with Crippen LogP contribution in [0, 0.1) is 5.92 Å². The summed E-state index contributed by atoms with van der Waals surface area (Å²) >= 11 is 8.99. The molecule has 0 bridgehead atoms. The number of carbonyl (C=O) groups excluding carboxylic acids is 1. The maximum absolute atomic E-state index is 11.6. The molecule has 0 aliphatic rings. The average molecular weight is 322 g/mol. The quantitative estimate of drug-likeness (QED) is 0.734. The predicted octanol–water partition coefficient (Wildman–Crippen LogP) is 3.16. The highest BCUT2D eigenvalue weighted by atomic mass is 35.5. The molecule has 0 aromatic carbocycles. The van der Waals surface area contributed by atoms with E-state index in [9.17, 15) is 4.79 Å². The highest BCUT2D eigenvalue weighted by Crippen LogP contribution is 2.24. The topological polar surface area (TPSA) is 49.3 Å². The lowest BCUT2D eigenvalue weighted by Crippen LogP contribution is -2.30. The van der Waals surface area contributed by atoms with E-state index in [-0.39, 0.29) is 12.5 Å². The Morgan fingerprint density at radius 1 is 1.58 bits per heavy atom. The molecule has 1 atom stereocenters. The number of thiophene rings is 1. The summed E-state index contributed by atoms with van der Waals surface area (Å²) in [7, 11) is 0. The molecule has 0 radical (unpaired) electrons. The number of hydrogen-bond donors (Lipinski definition) is 2. The van der Waals surface area contributed by atoms with Crippen LogP contribution in [0.5, 0.6) is 0 Å². The second kappa shape index (κ2) is 9.64. The molecule has 0 aliphatic heterocycles. The monoisotopic (exact) mass is 321 g/mol. The third kappa shape index (κ3) is 7.20. The zero-order valence-electron chi connectivity index (χ0n) is 11.0. The number of amides is 1. The Morgan fingerprint density at radius 3 is 2.95 bits per heavy atom. The van der Waals surface area contributed by atoms with Gasteiger partial charge in [-0.15, -0.1) is 23.1 Å². The summed E-state index contributed by atoms with van der Waals surface area (Å²) in [4.78, 5) is 12.8. The molecule has 0 spiro atoms. The first-order valence-electron chi connectivity index (χ1n) is 6.35. The van der Waals surface area contributed by atoms with Gasteiger partial charge >= 0.3 is 0 Å². The van der Waals surface area contributed by atoms with E-state index >= 15 is 0 Å².